The van der Waals surface area contributed by atoms with Crippen LogP contribution in [0, 0.1) is 6.92 Å². The molecule has 0 fully saturated rings. The third-order valence-corrected chi connectivity index (χ3v) is 4.24. The second-order valence-electron chi connectivity index (χ2n) is 4.99. The molecule has 1 aromatic carbocycles. The Bertz CT molecular complexity index is 602. The van der Waals surface area contributed by atoms with Gasteiger partial charge in [0.25, 0.3) is 0 Å². The van der Waals surface area contributed by atoms with Crippen molar-refractivity contribution in [3.8, 4) is 17.0 Å². The van der Waals surface area contributed by atoms with Gasteiger partial charge >= 0.3 is 0 Å². The fourth-order valence-electron chi connectivity index (χ4n) is 2.19. The van der Waals surface area contributed by atoms with Crippen LogP contribution in [0.2, 0.25) is 0 Å². The second-order valence-corrected chi connectivity index (χ2v) is 5.78. The van der Waals surface area contributed by atoms with E-state index < -0.39 is 0 Å². The summed E-state index contributed by atoms with van der Waals surface area (Å²) in [5.41, 5.74) is 4.40. The average Bonchev–Trinajstić information content (AvgIpc) is 2.62. The standard InChI is InChI=1S/C15H19BrN2O/c1-9(2)11-6-7-13(19-5)12(8-11)15-14(16)10(3)17-18(15)4/h6-9H,1-5H3. The normalized spacial score (nSPS) is 11.1. The molecule has 0 bridgehead atoms. The van der Waals surface area contributed by atoms with Crippen molar-refractivity contribution in [3.05, 3.63) is 33.9 Å². The molecule has 4 heteroatoms. The van der Waals surface area contributed by atoms with E-state index in [9.17, 15) is 0 Å². The van der Waals surface area contributed by atoms with Gasteiger partial charge in [0.15, 0.2) is 0 Å². The van der Waals surface area contributed by atoms with E-state index in [0.717, 1.165) is 27.2 Å². The number of hydrogen-bond donors (Lipinski definition) is 0. The molecule has 0 saturated carbocycles. The van der Waals surface area contributed by atoms with Crippen molar-refractivity contribution < 1.29 is 4.74 Å². The fourth-order valence-corrected chi connectivity index (χ4v) is 2.74. The van der Waals surface area contributed by atoms with Crippen LogP contribution in [0.3, 0.4) is 0 Å². The van der Waals surface area contributed by atoms with Gasteiger partial charge in [-0.15, -0.1) is 0 Å². The van der Waals surface area contributed by atoms with Crippen LogP contribution in [0.5, 0.6) is 5.75 Å². The molecular weight excluding hydrogens is 304 g/mol. The van der Waals surface area contributed by atoms with Gasteiger partial charge in [-0.3, -0.25) is 4.68 Å². The van der Waals surface area contributed by atoms with Gasteiger partial charge in [-0.25, -0.2) is 0 Å². The predicted octanol–water partition coefficient (Wildman–Crippen LogP) is 4.29. The van der Waals surface area contributed by atoms with Gasteiger partial charge in [0.05, 0.1) is 23.0 Å². The highest BCUT2D eigenvalue weighted by molar-refractivity contribution is 9.10. The summed E-state index contributed by atoms with van der Waals surface area (Å²) in [6.45, 7) is 6.37. The first kappa shape index (κ1) is 14.1. The minimum atomic E-state index is 0.484. The number of aryl methyl sites for hydroxylation is 2. The molecule has 2 rings (SSSR count). The van der Waals surface area contributed by atoms with E-state index in [-0.39, 0.29) is 0 Å². The van der Waals surface area contributed by atoms with Gasteiger partial charge in [-0.2, -0.15) is 5.10 Å². The van der Waals surface area contributed by atoms with Gasteiger partial charge in [-0.1, -0.05) is 19.9 Å². The molecule has 0 atom stereocenters. The summed E-state index contributed by atoms with van der Waals surface area (Å²) < 4.78 is 8.40. The predicted molar refractivity (Wildman–Crippen MR) is 81.7 cm³/mol. The van der Waals surface area contributed by atoms with Crippen molar-refractivity contribution >= 4 is 15.9 Å². The summed E-state index contributed by atoms with van der Waals surface area (Å²) in [5, 5.41) is 4.45. The minimum absolute atomic E-state index is 0.484. The lowest BCUT2D eigenvalue weighted by Crippen LogP contribution is -1.98. The van der Waals surface area contributed by atoms with E-state index in [0.29, 0.717) is 5.92 Å². The molecule has 0 spiro atoms. The van der Waals surface area contributed by atoms with Crippen molar-refractivity contribution in [2.45, 2.75) is 26.7 Å². The molecule has 0 N–H and O–H groups in total. The van der Waals surface area contributed by atoms with Crippen molar-refractivity contribution in [1.82, 2.24) is 9.78 Å². The van der Waals surface area contributed by atoms with E-state index >= 15 is 0 Å². The van der Waals surface area contributed by atoms with Crippen LogP contribution in [0.25, 0.3) is 11.3 Å². The topological polar surface area (TPSA) is 27.1 Å². The third kappa shape index (κ3) is 2.54. The van der Waals surface area contributed by atoms with Gasteiger partial charge in [0.1, 0.15) is 5.75 Å². The molecule has 0 unspecified atom stereocenters. The number of ether oxygens (including phenoxy) is 1. The summed E-state index contributed by atoms with van der Waals surface area (Å²) >= 11 is 3.62. The number of halogens is 1. The maximum absolute atomic E-state index is 5.49. The molecule has 1 heterocycles. The Hall–Kier alpha value is -1.29. The Morgan fingerprint density at radius 1 is 1.32 bits per heavy atom. The lowest BCUT2D eigenvalue weighted by atomic mass is 9.99. The van der Waals surface area contributed by atoms with Crippen molar-refractivity contribution in [1.29, 1.82) is 0 Å². The maximum atomic E-state index is 5.49. The number of hydrogen-bond acceptors (Lipinski definition) is 2. The third-order valence-electron chi connectivity index (χ3n) is 3.29. The lowest BCUT2D eigenvalue weighted by Gasteiger charge is -2.13. The first-order chi connectivity index (χ1) is 8.95. The van der Waals surface area contributed by atoms with Crippen LogP contribution < -0.4 is 4.74 Å². The molecular formula is C15H19BrN2O. The zero-order chi connectivity index (χ0) is 14.2. The molecule has 0 saturated heterocycles. The molecule has 0 aliphatic rings. The first-order valence-corrected chi connectivity index (χ1v) is 7.12. The van der Waals surface area contributed by atoms with Crippen LogP contribution in [-0.4, -0.2) is 16.9 Å². The largest absolute Gasteiger partial charge is 0.496 e. The zero-order valence-electron chi connectivity index (χ0n) is 12.0. The molecule has 2 aromatic rings. The Kier molecular flexibility index (Phi) is 3.99. The molecule has 3 nitrogen and oxygen atoms in total. The van der Waals surface area contributed by atoms with Gasteiger partial charge in [0, 0.05) is 12.6 Å². The summed E-state index contributed by atoms with van der Waals surface area (Å²) in [5.74, 6) is 1.35. The van der Waals surface area contributed by atoms with Crippen molar-refractivity contribution in [2.24, 2.45) is 7.05 Å². The Morgan fingerprint density at radius 2 is 2.00 bits per heavy atom. The molecule has 102 valence electrons. The molecule has 0 radical (unpaired) electrons. The van der Waals surface area contributed by atoms with Crippen LogP contribution in [-0.2, 0) is 7.05 Å². The summed E-state index contributed by atoms with van der Waals surface area (Å²) in [6, 6.07) is 6.33. The number of rotatable bonds is 3. The molecule has 0 aliphatic carbocycles. The summed E-state index contributed by atoms with van der Waals surface area (Å²) in [7, 11) is 3.65. The van der Waals surface area contributed by atoms with Crippen LogP contribution >= 0.6 is 15.9 Å². The highest BCUT2D eigenvalue weighted by atomic mass is 79.9. The Morgan fingerprint density at radius 3 is 2.47 bits per heavy atom. The highest BCUT2D eigenvalue weighted by Gasteiger charge is 2.17. The highest BCUT2D eigenvalue weighted by Crippen LogP contribution is 2.37. The molecule has 0 amide bonds. The quantitative estimate of drug-likeness (QED) is 0.842. The summed E-state index contributed by atoms with van der Waals surface area (Å²) in [6.07, 6.45) is 0. The maximum Gasteiger partial charge on any atom is 0.128 e. The lowest BCUT2D eigenvalue weighted by molar-refractivity contribution is 0.416. The average molecular weight is 323 g/mol. The fraction of sp³-hybridized carbons (Fsp3) is 0.400. The van der Waals surface area contributed by atoms with E-state index in [1.165, 1.54) is 5.56 Å². The van der Waals surface area contributed by atoms with E-state index in [2.05, 4.69) is 47.0 Å². The minimum Gasteiger partial charge on any atom is -0.496 e. The SMILES string of the molecule is COc1ccc(C(C)C)cc1-c1c(Br)c(C)nn1C. The number of aromatic nitrogens is 2. The van der Waals surface area contributed by atoms with E-state index in [1.54, 1.807) is 7.11 Å². The van der Waals surface area contributed by atoms with Gasteiger partial charge in [0.2, 0.25) is 0 Å². The Balaban J connectivity index is 2.68. The first-order valence-electron chi connectivity index (χ1n) is 6.33. The smallest absolute Gasteiger partial charge is 0.128 e. The number of benzene rings is 1. The van der Waals surface area contributed by atoms with Crippen LogP contribution in [0.15, 0.2) is 22.7 Å². The molecule has 1 aromatic heterocycles. The number of nitrogens with zero attached hydrogens (tertiary/aromatic N) is 2. The van der Waals surface area contributed by atoms with Crippen molar-refractivity contribution in [2.75, 3.05) is 7.11 Å². The second kappa shape index (κ2) is 5.37. The van der Waals surface area contributed by atoms with Crippen LogP contribution in [0.1, 0.15) is 31.0 Å². The summed E-state index contributed by atoms with van der Waals surface area (Å²) in [4.78, 5) is 0. The van der Waals surface area contributed by atoms with Gasteiger partial charge in [-0.05, 0) is 46.5 Å². The Labute approximate surface area is 122 Å². The van der Waals surface area contributed by atoms with Crippen LogP contribution in [0.4, 0.5) is 0 Å². The van der Waals surface area contributed by atoms with E-state index in [1.807, 2.05) is 24.7 Å². The molecule has 0 aliphatic heterocycles. The van der Waals surface area contributed by atoms with E-state index in [4.69, 9.17) is 4.74 Å². The monoisotopic (exact) mass is 322 g/mol. The van der Waals surface area contributed by atoms with Gasteiger partial charge < -0.3 is 4.74 Å². The number of methoxy groups -OCH3 is 1. The zero-order valence-corrected chi connectivity index (χ0v) is 13.6. The molecule has 19 heavy (non-hydrogen) atoms. The van der Waals surface area contributed by atoms with Crippen molar-refractivity contribution in [3.63, 3.8) is 0 Å².